The lowest BCUT2D eigenvalue weighted by molar-refractivity contribution is -0.139. The third-order valence-corrected chi connectivity index (χ3v) is 4.18. The summed E-state index contributed by atoms with van der Waals surface area (Å²) >= 11 is 1.84. The summed E-state index contributed by atoms with van der Waals surface area (Å²) in [6.45, 7) is 0.289. The first-order valence-corrected chi connectivity index (χ1v) is 7.18. The summed E-state index contributed by atoms with van der Waals surface area (Å²) in [5.41, 5.74) is 0. The molecule has 6 nitrogen and oxygen atoms in total. The molecule has 1 fully saturated rings. The Morgan fingerprint density at radius 2 is 2.17 bits per heavy atom. The van der Waals surface area contributed by atoms with E-state index in [4.69, 9.17) is 10.2 Å². The van der Waals surface area contributed by atoms with Gasteiger partial charge in [0.1, 0.15) is 6.04 Å². The number of carboxylic acids is 1. The third-order valence-electron chi connectivity index (χ3n) is 2.79. The SMILES string of the molecule is O=C(NCC1CCCCS1)N[C@@H](CCO)C(=O)O. The quantitative estimate of drug-likeness (QED) is 0.563. The molecule has 1 unspecified atom stereocenters. The number of carbonyl (C=O) groups excluding carboxylic acids is 1. The summed E-state index contributed by atoms with van der Waals surface area (Å²) < 4.78 is 0. The predicted octanol–water partition coefficient (Wildman–Crippen LogP) is 0.407. The van der Waals surface area contributed by atoms with Crippen molar-refractivity contribution >= 4 is 23.8 Å². The highest BCUT2D eigenvalue weighted by atomic mass is 32.2. The van der Waals surface area contributed by atoms with E-state index in [9.17, 15) is 9.59 Å². The minimum atomic E-state index is -1.13. The van der Waals surface area contributed by atoms with Crippen LogP contribution in [-0.2, 0) is 4.79 Å². The summed E-state index contributed by atoms with van der Waals surface area (Å²) in [7, 11) is 0. The molecule has 18 heavy (non-hydrogen) atoms. The zero-order valence-electron chi connectivity index (χ0n) is 10.2. The zero-order valence-corrected chi connectivity index (χ0v) is 11.0. The number of urea groups is 1. The van der Waals surface area contributed by atoms with Gasteiger partial charge in [0.2, 0.25) is 0 Å². The monoisotopic (exact) mass is 276 g/mol. The Labute approximate surface area is 111 Å². The number of carbonyl (C=O) groups is 2. The number of thioether (sulfide) groups is 1. The molecule has 1 rings (SSSR count). The van der Waals surface area contributed by atoms with Crippen LogP contribution in [0.2, 0.25) is 0 Å². The van der Waals surface area contributed by atoms with Crippen molar-refractivity contribution in [2.45, 2.75) is 37.0 Å². The molecule has 0 aromatic carbocycles. The van der Waals surface area contributed by atoms with Crippen LogP contribution in [0.15, 0.2) is 0 Å². The number of aliphatic hydroxyl groups is 1. The van der Waals surface area contributed by atoms with Gasteiger partial charge in [0.05, 0.1) is 0 Å². The molecule has 0 aliphatic carbocycles. The van der Waals surface area contributed by atoms with Crippen LogP contribution < -0.4 is 10.6 Å². The maximum absolute atomic E-state index is 11.5. The average molecular weight is 276 g/mol. The van der Waals surface area contributed by atoms with Crippen LogP contribution in [0.3, 0.4) is 0 Å². The summed E-state index contributed by atoms with van der Waals surface area (Å²) in [6.07, 6.45) is 3.51. The predicted molar refractivity (Wildman–Crippen MR) is 69.8 cm³/mol. The highest BCUT2D eigenvalue weighted by molar-refractivity contribution is 7.99. The van der Waals surface area contributed by atoms with Crippen LogP contribution in [0, 0.1) is 0 Å². The Morgan fingerprint density at radius 3 is 2.72 bits per heavy atom. The molecule has 104 valence electrons. The normalized spacial score (nSPS) is 21.1. The Hall–Kier alpha value is -0.950. The minimum Gasteiger partial charge on any atom is -0.480 e. The first kappa shape index (κ1) is 15.1. The highest BCUT2D eigenvalue weighted by Gasteiger charge is 2.20. The van der Waals surface area contributed by atoms with Gasteiger partial charge < -0.3 is 20.8 Å². The minimum absolute atomic E-state index is 0.0148. The summed E-state index contributed by atoms with van der Waals surface area (Å²) in [5, 5.41) is 22.9. The van der Waals surface area contributed by atoms with Gasteiger partial charge in [-0.05, 0) is 18.6 Å². The molecule has 0 spiro atoms. The van der Waals surface area contributed by atoms with E-state index < -0.39 is 18.0 Å². The second-order valence-electron chi connectivity index (χ2n) is 4.25. The number of rotatable bonds is 6. The van der Waals surface area contributed by atoms with Gasteiger partial charge in [-0.25, -0.2) is 9.59 Å². The molecule has 7 heteroatoms. The lowest BCUT2D eigenvalue weighted by atomic mass is 10.2. The van der Waals surface area contributed by atoms with Crippen molar-refractivity contribution in [1.29, 1.82) is 0 Å². The smallest absolute Gasteiger partial charge is 0.326 e. The Balaban J connectivity index is 2.24. The van der Waals surface area contributed by atoms with Crippen LogP contribution in [-0.4, -0.2) is 52.4 Å². The molecular formula is C11H20N2O4S. The molecule has 4 N–H and O–H groups in total. The number of amides is 2. The number of carboxylic acid groups (broad SMARTS) is 1. The molecular weight excluding hydrogens is 256 g/mol. The maximum Gasteiger partial charge on any atom is 0.326 e. The van der Waals surface area contributed by atoms with Gasteiger partial charge in [0.15, 0.2) is 0 Å². The standard InChI is InChI=1S/C11H20N2O4S/c14-5-4-9(10(15)16)13-11(17)12-7-8-3-1-2-6-18-8/h8-9,14H,1-7H2,(H,15,16)(H2,12,13,17)/t8?,9-/m0/s1. The topological polar surface area (TPSA) is 98.7 Å². The molecule has 0 radical (unpaired) electrons. The number of nitrogens with one attached hydrogen (secondary N) is 2. The second kappa shape index (κ2) is 8.20. The van der Waals surface area contributed by atoms with Gasteiger partial charge in [-0.15, -0.1) is 0 Å². The molecule has 2 amide bonds. The van der Waals surface area contributed by atoms with Crippen LogP contribution in [0.5, 0.6) is 0 Å². The van der Waals surface area contributed by atoms with Gasteiger partial charge in [-0.2, -0.15) is 11.8 Å². The van der Waals surface area contributed by atoms with Gasteiger partial charge in [0.25, 0.3) is 0 Å². The Morgan fingerprint density at radius 1 is 1.39 bits per heavy atom. The van der Waals surface area contributed by atoms with E-state index in [1.807, 2.05) is 11.8 Å². The summed E-state index contributed by atoms with van der Waals surface area (Å²) in [5.74, 6) is -0.0119. The van der Waals surface area contributed by atoms with Crippen molar-refractivity contribution in [2.24, 2.45) is 0 Å². The van der Waals surface area contributed by atoms with E-state index in [0.717, 1.165) is 12.2 Å². The molecule has 0 bridgehead atoms. The van der Waals surface area contributed by atoms with Gasteiger partial charge in [0, 0.05) is 24.8 Å². The Bertz CT molecular complexity index is 282. The lowest BCUT2D eigenvalue weighted by Gasteiger charge is -2.22. The fourth-order valence-electron chi connectivity index (χ4n) is 1.77. The zero-order chi connectivity index (χ0) is 13.4. The van der Waals surface area contributed by atoms with Crippen molar-refractivity contribution < 1.29 is 19.8 Å². The lowest BCUT2D eigenvalue weighted by Crippen LogP contribution is -2.47. The van der Waals surface area contributed by atoms with E-state index >= 15 is 0 Å². The molecule has 0 aromatic rings. The fraction of sp³-hybridized carbons (Fsp3) is 0.818. The highest BCUT2D eigenvalue weighted by Crippen LogP contribution is 2.24. The van der Waals surface area contributed by atoms with E-state index in [1.165, 1.54) is 12.8 Å². The average Bonchev–Trinajstić information content (AvgIpc) is 2.37. The number of hydrogen-bond acceptors (Lipinski definition) is 4. The number of aliphatic carboxylic acids is 1. The molecule has 0 saturated carbocycles. The molecule has 0 aromatic heterocycles. The van der Waals surface area contributed by atoms with Crippen LogP contribution in [0.1, 0.15) is 25.7 Å². The number of aliphatic hydroxyl groups excluding tert-OH is 1. The fourth-order valence-corrected chi connectivity index (χ4v) is 3.01. The van der Waals surface area contributed by atoms with Crippen molar-refractivity contribution in [1.82, 2.24) is 10.6 Å². The van der Waals surface area contributed by atoms with Crippen molar-refractivity contribution in [3.8, 4) is 0 Å². The molecule has 2 atom stereocenters. The molecule has 1 aliphatic heterocycles. The van der Waals surface area contributed by atoms with Crippen molar-refractivity contribution in [2.75, 3.05) is 18.9 Å². The first-order chi connectivity index (χ1) is 8.63. The largest absolute Gasteiger partial charge is 0.480 e. The van der Waals surface area contributed by atoms with Crippen LogP contribution in [0.4, 0.5) is 4.79 Å². The summed E-state index contributed by atoms with van der Waals surface area (Å²) in [6, 6.07) is -1.52. The van der Waals surface area contributed by atoms with Gasteiger partial charge >= 0.3 is 12.0 Å². The Kier molecular flexibility index (Phi) is 6.89. The van der Waals surface area contributed by atoms with Crippen molar-refractivity contribution in [3.63, 3.8) is 0 Å². The molecule has 1 heterocycles. The molecule has 1 saturated heterocycles. The first-order valence-electron chi connectivity index (χ1n) is 6.13. The third kappa shape index (κ3) is 5.59. The van der Waals surface area contributed by atoms with E-state index in [2.05, 4.69) is 10.6 Å². The van der Waals surface area contributed by atoms with E-state index in [-0.39, 0.29) is 13.0 Å². The van der Waals surface area contributed by atoms with E-state index in [0.29, 0.717) is 11.8 Å². The maximum atomic E-state index is 11.5. The molecule has 1 aliphatic rings. The number of hydrogen-bond donors (Lipinski definition) is 4. The second-order valence-corrected chi connectivity index (χ2v) is 5.65. The summed E-state index contributed by atoms with van der Waals surface area (Å²) in [4.78, 5) is 22.3. The van der Waals surface area contributed by atoms with Gasteiger partial charge in [-0.1, -0.05) is 6.42 Å². The van der Waals surface area contributed by atoms with Crippen LogP contribution in [0.25, 0.3) is 0 Å². The van der Waals surface area contributed by atoms with Crippen molar-refractivity contribution in [3.05, 3.63) is 0 Å². The van der Waals surface area contributed by atoms with E-state index in [1.54, 1.807) is 0 Å². The van der Waals surface area contributed by atoms with Gasteiger partial charge in [-0.3, -0.25) is 0 Å². The van der Waals surface area contributed by atoms with Crippen LogP contribution >= 0.6 is 11.8 Å².